The number of benzene rings is 1. The molecular weight excluding hydrogens is 234 g/mol. The van der Waals surface area contributed by atoms with Gasteiger partial charge in [0, 0.05) is 11.4 Å². The van der Waals surface area contributed by atoms with E-state index < -0.39 is 0 Å². The van der Waals surface area contributed by atoms with Crippen LogP contribution in [0.25, 0.3) is 0 Å². The Bertz CT molecular complexity index is 460. The molecule has 1 N–H and O–H groups in total. The molecule has 90 valence electrons. The van der Waals surface area contributed by atoms with Crippen LogP contribution >= 0.6 is 11.6 Å². The maximum Gasteiger partial charge on any atom is 0.137 e. The van der Waals surface area contributed by atoms with Crippen molar-refractivity contribution >= 4 is 11.6 Å². The first kappa shape index (κ1) is 12.1. The lowest BCUT2D eigenvalue weighted by Gasteiger charge is -2.23. The third kappa shape index (κ3) is 3.56. The number of rotatable bonds is 4. The van der Waals surface area contributed by atoms with Crippen molar-refractivity contribution in [3.8, 4) is 0 Å². The molecule has 0 spiro atoms. The fraction of sp³-hybridized carbons (Fsp3) is 0.385. The highest BCUT2D eigenvalue weighted by atomic mass is 35.5. The molecular formula is C13H16ClN3. The summed E-state index contributed by atoms with van der Waals surface area (Å²) in [5, 5.41) is 7.56. The molecule has 0 aliphatic heterocycles. The Morgan fingerprint density at radius 3 is 2.47 bits per heavy atom. The summed E-state index contributed by atoms with van der Waals surface area (Å²) in [6.45, 7) is 4.45. The Morgan fingerprint density at radius 1 is 1.18 bits per heavy atom. The van der Waals surface area contributed by atoms with Gasteiger partial charge in [0.05, 0.1) is 0 Å². The Morgan fingerprint density at radius 2 is 1.88 bits per heavy atom. The molecule has 1 heterocycles. The average molecular weight is 250 g/mol. The summed E-state index contributed by atoms with van der Waals surface area (Å²) in [7, 11) is 0. The molecule has 0 saturated carbocycles. The predicted molar refractivity (Wildman–Crippen MR) is 69.0 cm³/mol. The van der Waals surface area contributed by atoms with Crippen molar-refractivity contribution in [3.63, 3.8) is 0 Å². The second-order valence-corrected chi connectivity index (χ2v) is 5.51. The minimum atomic E-state index is 0.146. The fourth-order valence-electron chi connectivity index (χ4n) is 1.99. The van der Waals surface area contributed by atoms with Crippen molar-refractivity contribution in [3.05, 3.63) is 47.0 Å². The number of aromatic nitrogens is 3. The molecule has 2 aromatic rings. The summed E-state index contributed by atoms with van der Waals surface area (Å²) in [5.74, 6) is 0.934. The highest BCUT2D eigenvalue weighted by Gasteiger charge is 2.20. The molecule has 0 amide bonds. The number of nitrogens with one attached hydrogen (secondary N) is 1. The average Bonchev–Trinajstić information content (AvgIpc) is 2.73. The molecule has 0 bridgehead atoms. The van der Waals surface area contributed by atoms with Crippen LogP contribution in [0.5, 0.6) is 0 Å². The number of nitrogens with zero attached hydrogens (tertiary/aromatic N) is 2. The summed E-state index contributed by atoms with van der Waals surface area (Å²) < 4.78 is 0. The van der Waals surface area contributed by atoms with Gasteiger partial charge in [-0.3, -0.25) is 5.10 Å². The lowest BCUT2D eigenvalue weighted by atomic mass is 9.82. The second-order valence-electron chi connectivity index (χ2n) is 5.08. The molecule has 1 aromatic heterocycles. The summed E-state index contributed by atoms with van der Waals surface area (Å²) in [4.78, 5) is 4.17. The van der Waals surface area contributed by atoms with Gasteiger partial charge in [0.25, 0.3) is 0 Å². The van der Waals surface area contributed by atoms with Gasteiger partial charge >= 0.3 is 0 Å². The minimum Gasteiger partial charge on any atom is -0.263 e. The fourth-order valence-corrected chi connectivity index (χ4v) is 2.11. The molecule has 0 saturated heterocycles. The van der Waals surface area contributed by atoms with Crippen LogP contribution in [0.15, 0.2) is 30.6 Å². The van der Waals surface area contributed by atoms with E-state index in [0.29, 0.717) is 0 Å². The van der Waals surface area contributed by atoms with Crippen LogP contribution in [0.2, 0.25) is 5.02 Å². The SMILES string of the molecule is CC(C)(Cc1ccc(Cl)cc1)Cc1ncn[nH]1. The normalized spacial score (nSPS) is 11.7. The summed E-state index contributed by atoms with van der Waals surface area (Å²) in [6, 6.07) is 8.01. The van der Waals surface area contributed by atoms with Gasteiger partial charge in [0.15, 0.2) is 0 Å². The van der Waals surface area contributed by atoms with Crippen LogP contribution in [0, 0.1) is 5.41 Å². The number of hydrogen-bond donors (Lipinski definition) is 1. The molecule has 0 aliphatic rings. The first-order chi connectivity index (χ1) is 8.05. The van der Waals surface area contributed by atoms with E-state index in [1.54, 1.807) is 6.33 Å². The first-order valence-electron chi connectivity index (χ1n) is 5.64. The van der Waals surface area contributed by atoms with Crippen molar-refractivity contribution in [1.82, 2.24) is 15.2 Å². The van der Waals surface area contributed by atoms with Crippen LogP contribution < -0.4 is 0 Å². The molecule has 2 rings (SSSR count). The zero-order valence-electron chi connectivity index (χ0n) is 10.1. The summed E-state index contributed by atoms with van der Waals surface area (Å²) >= 11 is 5.87. The van der Waals surface area contributed by atoms with Crippen molar-refractivity contribution in [2.45, 2.75) is 26.7 Å². The van der Waals surface area contributed by atoms with Gasteiger partial charge in [-0.05, 0) is 29.5 Å². The van der Waals surface area contributed by atoms with Crippen LogP contribution in [0.3, 0.4) is 0 Å². The molecule has 0 atom stereocenters. The first-order valence-corrected chi connectivity index (χ1v) is 6.02. The summed E-state index contributed by atoms with van der Waals surface area (Å²) in [5.41, 5.74) is 1.44. The van der Waals surface area contributed by atoms with E-state index in [-0.39, 0.29) is 5.41 Å². The van der Waals surface area contributed by atoms with Gasteiger partial charge in [0.2, 0.25) is 0 Å². The standard InChI is InChI=1S/C13H16ClN3/c1-13(2,8-12-15-9-16-17-12)7-10-3-5-11(14)6-4-10/h3-6,9H,7-8H2,1-2H3,(H,15,16,17). The molecule has 0 fully saturated rings. The van der Waals surface area contributed by atoms with Crippen LogP contribution in [-0.2, 0) is 12.8 Å². The second kappa shape index (κ2) is 4.88. The maximum atomic E-state index is 5.87. The highest BCUT2D eigenvalue weighted by Crippen LogP contribution is 2.26. The van der Waals surface area contributed by atoms with E-state index in [1.165, 1.54) is 5.56 Å². The van der Waals surface area contributed by atoms with E-state index >= 15 is 0 Å². The Kier molecular flexibility index (Phi) is 3.48. The van der Waals surface area contributed by atoms with E-state index in [2.05, 4.69) is 41.2 Å². The Labute approximate surface area is 106 Å². The van der Waals surface area contributed by atoms with Crippen molar-refractivity contribution in [2.75, 3.05) is 0 Å². The topological polar surface area (TPSA) is 41.6 Å². The Balaban J connectivity index is 2.03. The molecule has 3 nitrogen and oxygen atoms in total. The third-order valence-electron chi connectivity index (χ3n) is 2.71. The third-order valence-corrected chi connectivity index (χ3v) is 2.96. The minimum absolute atomic E-state index is 0.146. The largest absolute Gasteiger partial charge is 0.263 e. The number of hydrogen-bond acceptors (Lipinski definition) is 2. The van der Waals surface area contributed by atoms with E-state index in [1.807, 2.05) is 12.1 Å². The van der Waals surface area contributed by atoms with Gasteiger partial charge < -0.3 is 0 Å². The van der Waals surface area contributed by atoms with Gasteiger partial charge in [-0.25, -0.2) is 4.98 Å². The molecule has 1 aromatic carbocycles. The van der Waals surface area contributed by atoms with Gasteiger partial charge in [-0.2, -0.15) is 5.10 Å². The van der Waals surface area contributed by atoms with Gasteiger partial charge in [-0.15, -0.1) is 0 Å². The maximum absolute atomic E-state index is 5.87. The van der Waals surface area contributed by atoms with Crippen LogP contribution in [-0.4, -0.2) is 15.2 Å². The quantitative estimate of drug-likeness (QED) is 0.904. The van der Waals surface area contributed by atoms with Crippen molar-refractivity contribution in [2.24, 2.45) is 5.41 Å². The summed E-state index contributed by atoms with van der Waals surface area (Å²) in [6.07, 6.45) is 3.42. The van der Waals surface area contributed by atoms with Crippen molar-refractivity contribution in [1.29, 1.82) is 0 Å². The number of H-pyrrole nitrogens is 1. The van der Waals surface area contributed by atoms with Crippen LogP contribution in [0.4, 0.5) is 0 Å². The number of halogens is 1. The zero-order valence-corrected chi connectivity index (χ0v) is 10.8. The molecule has 17 heavy (non-hydrogen) atoms. The van der Waals surface area contributed by atoms with Crippen molar-refractivity contribution < 1.29 is 0 Å². The molecule has 4 heteroatoms. The smallest absolute Gasteiger partial charge is 0.137 e. The highest BCUT2D eigenvalue weighted by molar-refractivity contribution is 6.30. The van der Waals surface area contributed by atoms with Gasteiger partial charge in [-0.1, -0.05) is 37.6 Å². The number of aromatic amines is 1. The van der Waals surface area contributed by atoms with Gasteiger partial charge in [0.1, 0.15) is 12.2 Å². The monoisotopic (exact) mass is 249 g/mol. The van der Waals surface area contributed by atoms with E-state index in [9.17, 15) is 0 Å². The lowest BCUT2D eigenvalue weighted by Crippen LogP contribution is -2.19. The molecule has 0 radical (unpaired) electrons. The lowest BCUT2D eigenvalue weighted by molar-refractivity contribution is 0.353. The molecule has 0 aliphatic carbocycles. The Hall–Kier alpha value is -1.35. The van der Waals surface area contributed by atoms with E-state index in [4.69, 9.17) is 11.6 Å². The zero-order chi connectivity index (χ0) is 12.3. The van der Waals surface area contributed by atoms with E-state index in [0.717, 1.165) is 23.7 Å². The molecule has 0 unspecified atom stereocenters. The van der Waals surface area contributed by atoms with Crippen LogP contribution in [0.1, 0.15) is 25.2 Å². The predicted octanol–water partition coefficient (Wildman–Crippen LogP) is 3.27.